The summed E-state index contributed by atoms with van der Waals surface area (Å²) in [6, 6.07) is 20.5. The van der Waals surface area contributed by atoms with Crippen molar-refractivity contribution in [3.05, 3.63) is 71.4 Å². The van der Waals surface area contributed by atoms with E-state index in [1.54, 1.807) is 11.8 Å². The van der Waals surface area contributed by atoms with Gasteiger partial charge in [-0.1, -0.05) is 41.9 Å². The average molecular weight is 451 g/mol. The van der Waals surface area contributed by atoms with Crippen LogP contribution in [0, 0.1) is 0 Å². The largest absolute Gasteiger partial charge is 0.446 e. The molecule has 0 aliphatic heterocycles. The first kappa shape index (κ1) is 20.3. The van der Waals surface area contributed by atoms with Crippen LogP contribution in [0.3, 0.4) is 0 Å². The number of thioether (sulfide) groups is 1. The molecule has 6 heteroatoms. The van der Waals surface area contributed by atoms with Crippen LogP contribution in [0.4, 0.5) is 10.5 Å². The van der Waals surface area contributed by atoms with Crippen molar-refractivity contribution < 1.29 is 9.53 Å². The number of anilines is 1. The Morgan fingerprint density at radius 1 is 1.06 bits per heavy atom. The van der Waals surface area contributed by atoms with Gasteiger partial charge in [0.2, 0.25) is 0 Å². The molecule has 2 N–H and O–H groups in total. The smallest absolute Gasteiger partial charge is 0.411 e. The number of rotatable bonds is 5. The van der Waals surface area contributed by atoms with Gasteiger partial charge in [0.05, 0.1) is 5.02 Å². The molecule has 0 spiro atoms. The van der Waals surface area contributed by atoms with Crippen LogP contribution in [-0.4, -0.2) is 17.2 Å². The summed E-state index contributed by atoms with van der Waals surface area (Å²) < 4.78 is 5.49. The fourth-order valence-corrected chi connectivity index (χ4v) is 5.36. The van der Waals surface area contributed by atoms with Crippen molar-refractivity contribution in [2.45, 2.75) is 42.4 Å². The first-order valence-corrected chi connectivity index (χ1v) is 11.9. The Morgan fingerprint density at radius 2 is 1.87 bits per heavy atom. The average Bonchev–Trinajstić information content (AvgIpc) is 3.40. The van der Waals surface area contributed by atoms with Gasteiger partial charge in [0.15, 0.2) is 0 Å². The van der Waals surface area contributed by atoms with E-state index in [1.807, 2.05) is 18.2 Å². The normalized spacial score (nSPS) is 14.4. The van der Waals surface area contributed by atoms with Gasteiger partial charge < -0.3 is 9.72 Å². The zero-order chi connectivity index (χ0) is 21.2. The minimum atomic E-state index is -0.398. The predicted octanol–water partition coefficient (Wildman–Crippen LogP) is 7.76. The quantitative estimate of drug-likeness (QED) is 0.305. The summed E-state index contributed by atoms with van der Waals surface area (Å²) in [5.41, 5.74) is 2.61. The lowest BCUT2D eigenvalue weighted by Crippen LogP contribution is -2.20. The topological polar surface area (TPSA) is 54.1 Å². The number of ether oxygens (including phenoxy) is 1. The van der Waals surface area contributed by atoms with Gasteiger partial charge in [-0.25, -0.2) is 4.79 Å². The fourth-order valence-electron chi connectivity index (χ4n) is 4.11. The van der Waals surface area contributed by atoms with Gasteiger partial charge in [0, 0.05) is 32.9 Å². The van der Waals surface area contributed by atoms with E-state index in [0.29, 0.717) is 10.7 Å². The highest BCUT2D eigenvalue weighted by Crippen LogP contribution is 2.34. The summed E-state index contributed by atoms with van der Waals surface area (Å²) in [6.07, 6.45) is 3.80. The summed E-state index contributed by atoms with van der Waals surface area (Å²) >= 11 is 8.42. The van der Waals surface area contributed by atoms with Crippen LogP contribution in [0.15, 0.2) is 65.6 Å². The lowest BCUT2D eigenvalue weighted by Gasteiger charge is -2.12. The number of fused-ring (bicyclic) bond motifs is 2. The molecule has 0 radical (unpaired) electrons. The second kappa shape index (κ2) is 8.85. The molecule has 1 aromatic heterocycles. The van der Waals surface area contributed by atoms with E-state index in [2.05, 4.69) is 52.8 Å². The van der Waals surface area contributed by atoms with Crippen LogP contribution in [0.25, 0.3) is 21.7 Å². The molecular formula is C25H23ClN2O2S. The maximum Gasteiger partial charge on any atom is 0.411 e. The van der Waals surface area contributed by atoms with Gasteiger partial charge >= 0.3 is 6.09 Å². The second-order valence-electron chi connectivity index (χ2n) is 7.91. The molecule has 31 heavy (non-hydrogen) atoms. The van der Waals surface area contributed by atoms with Crippen molar-refractivity contribution in [3.63, 3.8) is 0 Å². The van der Waals surface area contributed by atoms with E-state index in [4.69, 9.17) is 16.3 Å². The summed E-state index contributed by atoms with van der Waals surface area (Å²) in [5, 5.41) is 6.89. The van der Waals surface area contributed by atoms with Crippen LogP contribution in [0.1, 0.15) is 31.4 Å². The monoisotopic (exact) mass is 450 g/mol. The number of benzene rings is 3. The molecule has 1 aliphatic rings. The molecule has 4 aromatic rings. The van der Waals surface area contributed by atoms with E-state index < -0.39 is 6.09 Å². The standard InChI is InChI=1S/C25H23ClN2O2S/c26-24-21-14-18(27-25(29)30-19-7-3-4-8-19)10-12-22(21)28-23(24)15-31-20-11-9-16-5-1-2-6-17(16)13-20/h1-2,5-6,9-14,19,28H,3-4,7-8,15H2,(H,27,29). The molecule has 1 aliphatic carbocycles. The van der Waals surface area contributed by atoms with E-state index in [0.717, 1.165) is 48.0 Å². The van der Waals surface area contributed by atoms with Crippen LogP contribution < -0.4 is 5.32 Å². The molecule has 5 rings (SSSR count). The van der Waals surface area contributed by atoms with Crippen molar-refractivity contribution in [1.29, 1.82) is 0 Å². The van der Waals surface area contributed by atoms with Gasteiger partial charge in [0.25, 0.3) is 0 Å². The van der Waals surface area contributed by atoms with Crippen molar-refractivity contribution in [1.82, 2.24) is 4.98 Å². The number of amides is 1. The van der Waals surface area contributed by atoms with Crippen molar-refractivity contribution in [2.75, 3.05) is 5.32 Å². The van der Waals surface area contributed by atoms with E-state index in [-0.39, 0.29) is 6.10 Å². The van der Waals surface area contributed by atoms with Gasteiger partial charge in [-0.3, -0.25) is 5.32 Å². The van der Waals surface area contributed by atoms with Crippen molar-refractivity contribution >= 4 is 56.8 Å². The Labute approximate surface area is 190 Å². The van der Waals surface area contributed by atoms with Crippen LogP contribution >= 0.6 is 23.4 Å². The number of aromatic amines is 1. The number of hydrogen-bond acceptors (Lipinski definition) is 3. The van der Waals surface area contributed by atoms with Crippen molar-refractivity contribution in [2.24, 2.45) is 0 Å². The number of nitrogens with one attached hydrogen (secondary N) is 2. The van der Waals surface area contributed by atoms with E-state index in [1.165, 1.54) is 15.7 Å². The lowest BCUT2D eigenvalue weighted by atomic mass is 10.1. The molecule has 0 unspecified atom stereocenters. The van der Waals surface area contributed by atoms with Crippen LogP contribution in [0.5, 0.6) is 0 Å². The molecule has 158 valence electrons. The number of aromatic nitrogens is 1. The highest BCUT2D eigenvalue weighted by molar-refractivity contribution is 7.98. The first-order valence-electron chi connectivity index (χ1n) is 10.5. The Bertz CT molecular complexity index is 1250. The zero-order valence-corrected chi connectivity index (χ0v) is 18.6. The number of carbonyl (C=O) groups is 1. The van der Waals surface area contributed by atoms with Crippen LogP contribution in [0.2, 0.25) is 5.02 Å². The second-order valence-corrected chi connectivity index (χ2v) is 9.34. The molecule has 0 saturated heterocycles. The molecule has 0 atom stereocenters. The van der Waals surface area contributed by atoms with Gasteiger partial charge in [0.1, 0.15) is 6.10 Å². The third-order valence-electron chi connectivity index (χ3n) is 5.73. The minimum Gasteiger partial charge on any atom is -0.446 e. The van der Waals surface area contributed by atoms with Gasteiger partial charge in [-0.2, -0.15) is 0 Å². The summed E-state index contributed by atoms with van der Waals surface area (Å²) in [5.74, 6) is 0.734. The lowest BCUT2D eigenvalue weighted by molar-refractivity contribution is 0.114. The van der Waals surface area contributed by atoms with E-state index >= 15 is 0 Å². The highest BCUT2D eigenvalue weighted by atomic mass is 35.5. The SMILES string of the molecule is O=C(Nc1ccc2[nH]c(CSc3ccc4ccccc4c3)c(Cl)c2c1)OC1CCCC1. The minimum absolute atomic E-state index is 0.0401. The Kier molecular flexibility index (Phi) is 5.79. The molecule has 0 bridgehead atoms. The van der Waals surface area contributed by atoms with Crippen LogP contribution in [-0.2, 0) is 10.5 Å². The molecule has 1 heterocycles. The summed E-state index contributed by atoms with van der Waals surface area (Å²) in [4.78, 5) is 16.8. The maximum atomic E-state index is 12.2. The fraction of sp³-hybridized carbons (Fsp3) is 0.240. The number of hydrogen-bond donors (Lipinski definition) is 2. The summed E-state index contributed by atoms with van der Waals surface area (Å²) in [7, 11) is 0. The van der Waals surface area contributed by atoms with Gasteiger partial charge in [-0.05, 0) is 66.8 Å². The van der Waals surface area contributed by atoms with Gasteiger partial charge in [-0.15, -0.1) is 11.8 Å². The summed E-state index contributed by atoms with van der Waals surface area (Å²) in [6.45, 7) is 0. The first-order chi connectivity index (χ1) is 15.2. The molecule has 1 saturated carbocycles. The third-order valence-corrected chi connectivity index (χ3v) is 7.18. The number of H-pyrrole nitrogens is 1. The number of halogens is 1. The molecule has 1 amide bonds. The molecular weight excluding hydrogens is 428 g/mol. The Morgan fingerprint density at radius 3 is 2.71 bits per heavy atom. The predicted molar refractivity (Wildman–Crippen MR) is 129 cm³/mol. The number of carbonyl (C=O) groups excluding carboxylic acids is 1. The molecule has 1 fully saturated rings. The highest BCUT2D eigenvalue weighted by Gasteiger charge is 2.19. The Hall–Kier alpha value is -2.63. The molecule has 4 nitrogen and oxygen atoms in total. The van der Waals surface area contributed by atoms with Crippen molar-refractivity contribution in [3.8, 4) is 0 Å². The zero-order valence-electron chi connectivity index (χ0n) is 17.0. The Balaban J connectivity index is 1.29. The maximum absolute atomic E-state index is 12.2. The van der Waals surface area contributed by atoms with E-state index in [9.17, 15) is 4.79 Å². The third kappa shape index (κ3) is 4.53. The molecule has 3 aromatic carbocycles.